The van der Waals surface area contributed by atoms with Crippen molar-refractivity contribution in [3.8, 4) is 6.07 Å². The van der Waals surface area contributed by atoms with Crippen molar-refractivity contribution in [1.29, 1.82) is 5.26 Å². The van der Waals surface area contributed by atoms with Gasteiger partial charge in [0.05, 0.1) is 33.7 Å². The van der Waals surface area contributed by atoms with E-state index in [1.54, 1.807) is 0 Å². The third kappa shape index (κ3) is 4.68. The number of benzene rings is 3. The maximum atomic E-state index is 14.8. The largest absolute Gasteiger partial charge is 0.422 e. The SMILES string of the molecule is N#CC(=C1C(=C(N)c2c(F)c(F)c(F)c(F)c2F)C1=C(N)c1c(F)c(F)c(C(F)(F)F)c(F)c1F)c1c(F)c(F)c(F)c(F)c1F. The fourth-order valence-electron chi connectivity index (χ4n) is 4.25. The molecule has 4 N–H and O–H groups in total. The fourth-order valence-corrected chi connectivity index (χ4v) is 4.25. The number of nitriles is 1. The molecular weight excluding hydrogens is 677 g/mol. The summed E-state index contributed by atoms with van der Waals surface area (Å²) in [7, 11) is 0. The van der Waals surface area contributed by atoms with Gasteiger partial charge in [-0.2, -0.15) is 18.4 Å². The molecule has 0 aromatic heterocycles. The first-order valence-electron chi connectivity index (χ1n) is 11.3. The maximum absolute atomic E-state index is 14.8. The highest BCUT2D eigenvalue weighted by Crippen LogP contribution is 2.56. The van der Waals surface area contributed by atoms with Gasteiger partial charge in [-0.15, -0.1) is 0 Å². The van der Waals surface area contributed by atoms with Crippen LogP contribution in [0.4, 0.5) is 74.6 Å². The molecule has 0 spiro atoms. The minimum absolute atomic E-state index is 0.835. The molecule has 0 unspecified atom stereocenters. The zero-order valence-electron chi connectivity index (χ0n) is 21.0. The van der Waals surface area contributed by atoms with Crippen LogP contribution in [0.1, 0.15) is 22.3 Å². The highest BCUT2D eigenvalue weighted by atomic mass is 19.4. The molecule has 4 rings (SSSR count). The molecule has 1 aliphatic rings. The molecule has 3 aromatic carbocycles. The van der Waals surface area contributed by atoms with Crippen molar-refractivity contribution >= 4 is 17.0 Å². The van der Waals surface area contributed by atoms with Crippen LogP contribution in [-0.4, -0.2) is 0 Å². The number of hydrogen-bond acceptors (Lipinski definition) is 3. The first-order chi connectivity index (χ1) is 21.1. The van der Waals surface area contributed by atoms with Gasteiger partial charge < -0.3 is 11.5 Å². The van der Waals surface area contributed by atoms with Crippen LogP contribution < -0.4 is 11.5 Å². The Morgan fingerprint density at radius 3 is 0.957 bits per heavy atom. The lowest BCUT2D eigenvalue weighted by Crippen LogP contribution is -2.18. The second-order valence-electron chi connectivity index (χ2n) is 8.83. The van der Waals surface area contributed by atoms with Gasteiger partial charge in [0, 0.05) is 16.7 Å². The van der Waals surface area contributed by atoms with Crippen LogP contribution in [-0.2, 0) is 6.18 Å². The third-order valence-corrected chi connectivity index (χ3v) is 6.34. The number of nitrogens with two attached hydrogens (primary N) is 2. The van der Waals surface area contributed by atoms with Gasteiger partial charge in [0.2, 0.25) is 11.6 Å². The van der Waals surface area contributed by atoms with Crippen molar-refractivity contribution in [1.82, 2.24) is 0 Å². The van der Waals surface area contributed by atoms with E-state index in [0.717, 1.165) is 6.07 Å². The lowest BCUT2D eigenvalue weighted by Gasteiger charge is -2.14. The van der Waals surface area contributed by atoms with Gasteiger partial charge in [-0.25, -0.2) is 61.5 Å². The van der Waals surface area contributed by atoms with Gasteiger partial charge in [-0.05, 0) is 0 Å². The van der Waals surface area contributed by atoms with Crippen LogP contribution >= 0.6 is 0 Å². The molecule has 0 radical (unpaired) electrons. The number of alkyl halides is 3. The number of nitrogens with zero attached hydrogens (tertiary/aromatic N) is 1. The summed E-state index contributed by atoms with van der Waals surface area (Å²) in [6.07, 6.45) is -6.10. The Morgan fingerprint density at radius 1 is 0.413 bits per heavy atom. The van der Waals surface area contributed by atoms with E-state index in [1.807, 2.05) is 0 Å². The number of allylic oxidation sites excluding steroid dienone is 4. The predicted octanol–water partition coefficient (Wildman–Crippen LogP) is 7.68. The van der Waals surface area contributed by atoms with Crippen LogP contribution in [0.2, 0.25) is 0 Å². The van der Waals surface area contributed by atoms with Gasteiger partial charge in [0.15, 0.2) is 69.8 Å². The van der Waals surface area contributed by atoms with E-state index in [-0.39, 0.29) is 0 Å². The van der Waals surface area contributed by atoms with Gasteiger partial charge in [0.25, 0.3) is 0 Å². The van der Waals surface area contributed by atoms with Gasteiger partial charge in [-0.1, -0.05) is 0 Å². The summed E-state index contributed by atoms with van der Waals surface area (Å²) in [5.41, 5.74) is -9.03. The van der Waals surface area contributed by atoms with Crippen LogP contribution in [0.5, 0.6) is 0 Å². The predicted molar refractivity (Wildman–Crippen MR) is 118 cm³/mol. The summed E-state index contributed by atoms with van der Waals surface area (Å²) in [5.74, 6) is -39.9. The lowest BCUT2D eigenvalue weighted by molar-refractivity contribution is -0.143. The van der Waals surface area contributed by atoms with Crippen molar-refractivity contribution in [3.63, 3.8) is 0 Å². The Morgan fingerprint density at radius 2 is 0.674 bits per heavy atom. The summed E-state index contributed by atoms with van der Waals surface area (Å²) in [6.45, 7) is 0. The summed E-state index contributed by atoms with van der Waals surface area (Å²) in [6, 6.07) is 0.835. The Bertz CT molecular complexity index is 1960. The van der Waals surface area contributed by atoms with E-state index >= 15 is 0 Å². The molecule has 1 aliphatic carbocycles. The smallest absolute Gasteiger partial charge is 0.398 e. The quantitative estimate of drug-likeness (QED) is 0.129. The molecule has 0 bridgehead atoms. The Labute approximate surface area is 241 Å². The first kappa shape index (κ1) is 33.7. The Kier molecular flexibility index (Phi) is 8.04. The molecule has 0 saturated heterocycles. The van der Waals surface area contributed by atoms with Crippen molar-refractivity contribution in [2.24, 2.45) is 11.5 Å². The molecular formula is C26H4F17N3. The molecule has 0 heterocycles. The maximum Gasteiger partial charge on any atom is 0.422 e. The fraction of sp³-hybridized carbons (Fsp3) is 0.0385. The minimum atomic E-state index is -6.10. The van der Waals surface area contributed by atoms with Gasteiger partial charge in [-0.3, -0.25) is 0 Å². The molecule has 1 fully saturated rings. The molecule has 242 valence electrons. The van der Waals surface area contributed by atoms with Gasteiger partial charge in [0.1, 0.15) is 11.6 Å². The molecule has 1 saturated carbocycles. The highest BCUT2D eigenvalue weighted by molar-refractivity contribution is 6.08. The summed E-state index contributed by atoms with van der Waals surface area (Å²) < 4.78 is 238. The normalized spacial score (nSPS) is 16.4. The lowest BCUT2D eigenvalue weighted by atomic mass is 10.0. The van der Waals surface area contributed by atoms with Crippen LogP contribution in [0.15, 0.2) is 16.7 Å². The van der Waals surface area contributed by atoms with Crippen molar-refractivity contribution in [2.75, 3.05) is 0 Å². The molecule has 3 aromatic rings. The second-order valence-corrected chi connectivity index (χ2v) is 8.83. The molecule has 0 aliphatic heterocycles. The Balaban J connectivity index is 2.26. The van der Waals surface area contributed by atoms with E-state index in [0.29, 0.717) is 0 Å². The van der Waals surface area contributed by atoms with Crippen molar-refractivity contribution in [3.05, 3.63) is 120 Å². The van der Waals surface area contributed by atoms with Crippen LogP contribution in [0.3, 0.4) is 0 Å². The van der Waals surface area contributed by atoms with E-state index in [1.165, 1.54) is 0 Å². The minimum Gasteiger partial charge on any atom is -0.398 e. The monoisotopic (exact) mass is 681 g/mol. The molecule has 0 amide bonds. The molecule has 20 heteroatoms. The number of rotatable bonds is 3. The second kappa shape index (κ2) is 11.0. The zero-order chi connectivity index (χ0) is 35.1. The van der Waals surface area contributed by atoms with E-state index in [4.69, 9.17) is 11.5 Å². The number of halogens is 17. The zero-order valence-corrected chi connectivity index (χ0v) is 21.0. The van der Waals surface area contributed by atoms with E-state index < -0.39 is 144 Å². The summed E-state index contributed by atoms with van der Waals surface area (Å²) >= 11 is 0. The van der Waals surface area contributed by atoms with Crippen LogP contribution in [0.25, 0.3) is 17.0 Å². The summed E-state index contributed by atoms with van der Waals surface area (Å²) in [4.78, 5) is 0. The van der Waals surface area contributed by atoms with Crippen LogP contribution in [0, 0.1) is 92.8 Å². The third-order valence-electron chi connectivity index (χ3n) is 6.34. The Hall–Kier alpha value is -5.22. The van der Waals surface area contributed by atoms with Gasteiger partial charge >= 0.3 is 6.18 Å². The first-order valence-corrected chi connectivity index (χ1v) is 11.3. The van der Waals surface area contributed by atoms with Crippen molar-refractivity contribution < 1.29 is 74.6 Å². The average Bonchev–Trinajstić information content (AvgIpc) is 3.72. The van der Waals surface area contributed by atoms with E-state index in [9.17, 15) is 79.9 Å². The van der Waals surface area contributed by atoms with Crippen molar-refractivity contribution in [2.45, 2.75) is 6.18 Å². The number of hydrogen-bond donors (Lipinski definition) is 2. The molecule has 0 atom stereocenters. The molecule has 46 heavy (non-hydrogen) atoms. The molecule has 3 nitrogen and oxygen atoms in total. The average molecular weight is 681 g/mol. The van der Waals surface area contributed by atoms with E-state index in [2.05, 4.69) is 0 Å². The summed E-state index contributed by atoms with van der Waals surface area (Å²) in [5, 5.41) is 9.57. The highest BCUT2D eigenvalue weighted by Gasteiger charge is 2.47. The topological polar surface area (TPSA) is 75.8 Å². The standard InChI is InChI=1S/C26H4F17N3/c27-10-4(11(28)19(36)22(39)18(10)35)2(1-44)3-5(6(3)25(46)8-14(31)20(37)23(40)21(38)15(8)32)24(45)7-12(29)16(33)9(26(41,42)43)17(34)13(7)30/h45-46H2.